The van der Waals surface area contributed by atoms with E-state index in [0.717, 1.165) is 11.8 Å². The first-order chi connectivity index (χ1) is 68.9. The van der Waals surface area contributed by atoms with Crippen LogP contribution in [0, 0.1) is 23.7 Å². The Balaban J connectivity index is 1.74. The summed E-state index contributed by atoms with van der Waals surface area (Å²) in [7, 11) is 0. The fraction of sp³-hybridized carbons (Fsp3) is 0.634. The van der Waals surface area contributed by atoms with Gasteiger partial charge in [0.1, 0.15) is 115 Å². The van der Waals surface area contributed by atoms with Gasteiger partial charge in [0.15, 0.2) is 0 Å². The number of primary amides is 6. The number of carboxylic acid groups (broad SMARTS) is 1. The number of rotatable bonds is 65. The molecule has 1 aromatic carbocycles. The Bertz CT molecular complexity index is 5100. The predicted molar refractivity (Wildman–Crippen MR) is 528 cm³/mol. The molecule has 1 saturated heterocycles. The number of nitrogens with two attached hydrogens (primary N) is 7. The number of aromatic nitrogens is 1. The average Bonchev–Trinajstić information content (AvgIpc) is 1.68. The number of aliphatic hydroxyl groups is 1. The Hall–Kier alpha value is -15.1. The number of amides is 25. The van der Waals surface area contributed by atoms with Gasteiger partial charge in [-0.15, -0.1) is 0 Å². The summed E-state index contributed by atoms with van der Waals surface area (Å²) in [5.41, 5.74) is 39.0. The molecule has 25 amide bonds. The molecular weight excluding hydrogens is 1940 g/mol. The van der Waals surface area contributed by atoms with E-state index in [-0.39, 0.29) is 62.8 Å². The van der Waals surface area contributed by atoms with Crippen molar-refractivity contribution in [3.8, 4) is 0 Å². The lowest BCUT2D eigenvalue weighted by atomic mass is 10.00. The molecule has 35 N–H and O–H groups in total. The number of hydrogen-bond donors (Lipinski definition) is 28. The molecule has 0 spiro atoms. The van der Waals surface area contributed by atoms with E-state index in [4.69, 9.17) is 40.1 Å². The molecule has 0 unspecified atom stereocenters. The summed E-state index contributed by atoms with van der Waals surface area (Å²) < 4.78 is 0. The van der Waals surface area contributed by atoms with Crippen molar-refractivity contribution in [1.82, 2.24) is 106 Å². The van der Waals surface area contributed by atoms with Crippen molar-refractivity contribution in [2.45, 2.75) is 347 Å². The van der Waals surface area contributed by atoms with Gasteiger partial charge in [-0.2, -0.15) is 0 Å². The SMILES string of the molecule is CC(C)C[C@H](NC(=O)[C@H](C)NC(=O)[C@H](C)NC(=O)[C@H](C)NC(=O)[C@H](CC(C)C)NC(=O)[C@@H](N)CC(N)=O)C(=O)N[C@@H](C)C(=O)N[C@@H](C)C(=O)N[C@@H](C)C(=O)N[C@H](C(=O)N[C@H](C(=O)N[C@@H](CC(C)C)C(=O)N1CCC[C@H]1C(=O)N[C@@H](C)C(=O)N[C@@H](CCC(N)=O)C(=O)N[C@@H](CCC(N)=O)C(=O)N[C@@H](CCC(N)=O)C(=O)N[C@@H](CCC(N)=O)C(=O)N[C@@H](Cc1c[nH]c2ccccc12)C(=O)N[C@@H](CCC(N)=O)C(=O)O)[C@@H](C)O)C(C)C. The van der Waals surface area contributed by atoms with Crippen LogP contribution >= 0.6 is 0 Å². The first-order valence-corrected chi connectivity index (χ1v) is 48.6. The fourth-order valence-corrected chi connectivity index (χ4v) is 15.1. The zero-order chi connectivity index (χ0) is 112. The number of nitrogens with one attached hydrogen (secondary N) is 19. The zero-order valence-corrected chi connectivity index (χ0v) is 86.0. The van der Waals surface area contributed by atoms with E-state index in [0.29, 0.717) is 16.5 Å². The van der Waals surface area contributed by atoms with E-state index in [1.807, 2.05) is 0 Å². The van der Waals surface area contributed by atoms with Crippen molar-refractivity contribution in [3.63, 3.8) is 0 Å². The minimum absolute atomic E-state index is 0.0124. The number of aliphatic hydroxyl groups excluding tert-OH is 1. The molecule has 55 heteroatoms. The molecule has 0 radical (unpaired) electrons. The Kier molecular flexibility index (Phi) is 52.7. The van der Waals surface area contributed by atoms with Crippen LogP contribution in [0.25, 0.3) is 10.9 Å². The normalized spacial score (nSPS) is 16.3. The molecule has 1 aliphatic rings. The third-order valence-electron chi connectivity index (χ3n) is 23.4. The van der Waals surface area contributed by atoms with Crippen LogP contribution in [0.2, 0.25) is 0 Å². The predicted octanol–water partition coefficient (Wildman–Crippen LogP) is -9.64. The number of carboxylic acids is 1. The molecule has 1 aliphatic heterocycles. The Labute approximate surface area is 854 Å². The first-order valence-electron chi connectivity index (χ1n) is 48.6. The van der Waals surface area contributed by atoms with Gasteiger partial charge in [0, 0.05) is 62.2 Å². The topological polar surface area (TPSA) is 902 Å². The lowest BCUT2D eigenvalue weighted by molar-refractivity contribution is -0.143. The van der Waals surface area contributed by atoms with Crippen LogP contribution in [0.4, 0.5) is 0 Å². The summed E-state index contributed by atoms with van der Waals surface area (Å²) in [4.78, 5) is 353. The minimum atomic E-state index is -1.89. The van der Waals surface area contributed by atoms with Gasteiger partial charge in [0.2, 0.25) is 148 Å². The highest BCUT2D eigenvalue weighted by atomic mass is 16.4. The molecular formula is C93H149N27O28. The molecule has 824 valence electrons. The van der Waals surface area contributed by atoms with E-state index in [1.54, 1.807) is 65.8 Å². The van der Waals surface area contributed by atoms with Gasteiger partial charge >= 0.3 is 5.97 Å². The van der Waals surface area contributed by atoms with Crippen LogP contribution in [-0.4, -0.2) is 307 Å². The van der Waals surface area contributed by atoms with Gasteiger partial charge in [-0.05, 0) is 155 Å². The Morgan fingerprint density at radius 3 is 0.993 bits per heavy atom. The van der Waals surface area contributed by atoms with Crippen LogP contribution in [0.5, 0.6) is 0 Å². The zero-order valence-electron chi connectivity index (χ0n) is 86.0. The molecule has 0 aliphatic carbocycles. The first kappa shape index (κ1) is 127. The largest absolute Gasteiger partial charge is 0.480 e. The number of hydrogen-bond acceptors (Lipinski definition) is 28. The standard InChI is InChI=1S/C93H149N27O28/c1-40(2)34-61(114-79(133)48(13)104-74(128)44(9)102-77(131)47(12)107-87(141)62(35-41(3)4)115-81(135)54(94)38-71(100)127)86(140)106-46(11)76(130)103-45(10)75(129)105-50(15)80(134)118-72(43(7)8)90(144)119-73(51(16)121)91(145)117-64(36-42(5)6)92(146)120-33-19-22-65(120)89(143)108-49(14)78(132)109-56(23-28-66(95)122)82(136)110-57(24-29-67(96)123)83(137)111-58(25-30-68(97)124)84(138)112-59(26-31-69(98)125)85(139)116-63(37-52-39-101-55-21-18-17-20-53(52)55)88(142)113-60(93(147)148)27-32-70(99)126/h17-18,20-21,39-51,54,56-65,72-73,101,121H,19,22-38,94H2,1-16H3,(H2,95,122)(H2,96,123)(H2,97,124)(H2,98,125)(H2,99,126)(H2,100,127)(H,102,131)(H,103,130)(H,104,128)(H,105,129)(H,106,140)(H,107,141)(H,108,143)(H,109,132)(H,110,136)(H,111,137)(H,112,138)(H,113,142)(H,114,133)(H,115,135)(H,116,139)(H,117,145)(H,118,134)(H,119,144)(H,147,148)/t44-,45-,46-,47-,48-,49-,50-,51+,54-,56-,57-,58-,59-,60-,61-,62-,63-,64-,65-,72-,73-/m0/s1. The average molecular weight is 2090 g/mol. The van der Waals surface area contributed by atoms with Gasteiger partial charge in [0.05, 0.1) is 18.6 Å². The number of likely N-dealkylation sites (tertiary alicyclic amines) is 1. The molecule has 2 aromatic rings. The molecule has 3 rings (SSSR count). The summed E-state index contributed by atoms with van der Waals surface area (Å²) in [6.07, 6.45) is -6.76. The number of carbonyl (C=O) groups excluding carboxylic acids is 25. The minimum Gasteiger partial charge on any atom is -0.480 e. The second kappa shape index (κ2) is 61.4. The maximum absolute atomic E-state index is 14.7. The number of benzene rings is 1. The molecule has 0 saturated carbocycles. The van der Waals surface area contributed by atoms with E-state index in [1.165, 1.54) is 68.5 Å². The number of aliphatic carboxylic acids is 1. The highest BCUT2D eigenvalue weighted by Gasteiger charge is 2.44. The summed E-state index contributed by atoms with van der Waals surface area (Å²) >= 11 is 0. The molecule has 21 atom stereocenters. The molecule has 148 heavy (non-hydrogen) atoms. The molecule has 0 bridgehead atoms. The number of nitrogens with zero attached hydrogens (tertiary/aromatic N) is 1. The maximum atomic E-state index is 14.7. The van der Waals surface area contributed by atoms with E-state index in [9.17, 15) is 135 Å². The Morgan fingerprint density at radius 2 is 0.628 bits per heavy atom. The van der Waals surface area contributed by atoms with Crippen molar-refractivity contribution in [1.29, 1.82) is 0 Å². The van der Waals surface area contributed by atoms with Gasteiger partial charge in [0.25, 0.3) is 0 Å². The van der Waals surface area contributed by atoms with Gasteiger partial charge in [-0.1, -0.05) is 73.6 Å². The van der Waals surface area contributed by atoms with E-state index in [2.05, 4.69) is 101 Å². The number of H-pyrrole nitrogens is 1. The van der Waals surface area contributed by atoms with Crippen LogP contribution < -0.4 is 136 Å². The molecule has 2 heterocycles. The van der Waals surface area contributed by atoms with Crippen LogP contribution in [0.15, 0.2) is 30.5 Å². The lowest BCUT2D eigenvalue weighted by Gasteiger charge is -2.32. The second-order valence-electron chi connectivity index (χ2n) is 38.4. The summed E-state index contributed by atoms with van der Waals surface area (Å²) in [6.45, 7) is 23.3. The van der Waals surface area contributed by atoms with Crippen molar-refractivity contribution in [3.05, 3.63) is 36.0 Å². The second-order valence-corrected chi connectivity index (χ2v) is 38.4. The lowest BCUT2D eigenvalue weighted by Crippen LogP contribution is -2.62. The third-order valence-corrected chi connectivity index (χ3v) is 23.4. The smallest absolute Gasteiger partial charge is 0.326 e. The summed E-state index contributed by atoms with van der Waals surface area (Å²) in [6, 6.07) is -23.7. The Morgan fingerprint density at radius 1 is 0.338 bits per heavy atom. The van der Waals surface area contributed by atoms with Crippen molar-refractivity contribution < 1.29 is 135 Å². The summed E-state index contributed by atoms with van der Waals surface area (Å²) in [5.74, 6) is -27.7. The number of carbonyl (C=O) groups is 26. The quantitative estimate of drug-likeness (QED) is 0.0292. The van der Waals surface area contributed by atoms with Crippen molar-refractivity contribution >= 4 is 165 Å². The highest BCUT2D eigenvalue weighted by molar-refractivity contribution is 6.03. The van der Waals surface area contributed by atoms with Gasteiger partial charge in [-0.3, -0.25) is 120 Å². The fourth-order valence-electron chi connectivity index (χ4n) is 15.1. The van der Waals surface area contributed by atoms with Crippen LogP contribution in [0.1, 0.15) is 219 Å². The van der Waals surface area contributed by atoms with E-state index < -0.39 is 357 Å². The number of para-hydroxylation sites is 1. The van der Waals surface area contributed by atoms with Crippen molar-refractivity contribution in [2.24, 2.45) is 63.8 Å². The maximum Gasteiger partial charge on any atom is 0.326 e. The third kappa shape index (κ3) is 44.1. The number of aromatic amines is 1. The van der Waals surface area contributed by atoms with E-state index >= 15 is 0 Å². The monoisotopic (exact) mass is 2090 g/mol. The highest BCUT2D eigenvalue weighted by Crippen LogP contribution is 2.24. The van der Waals surface area contributed by atoms with Crippen LogP contribution in [0.3, 0.4) is 0 Å². The van der Waals surface area contributed by atoms with Crippen molar-refractivity contribution in [2.75, 3.05) is 6.54 Å². The van der Waals surface area contributed by atoms with Gasteiger partial charge in [-0.25, -0.2) is 4.79 Å². The molecule has 1 fully saturated rings. The van der Waals surface area contributed by atoms with Gasteiger partial charge < -0.3 is 156 Å². The molecule has 1 aromatic heterocycles. The summed E-state index contributed by atoms with van der Waals surface area (Å²) in [5, 5.41) is 65.3. The number of fused-ring (bicyclic) bond motifs is 1. The van der Waals surface area contributed by atoms with Crippen LogP contribution in [-0.2, 0) is 131 Å². The molecule has 55 nitrogen and oxygen atoms in total.